The van der Waals surface area contributed by atoms with Crippen molar-refractivity contribution in [3.05, 3.63) is 29.3 Å². The van der Waals surface area contributed by atoms with E-state index in [0.29, 0.717) is 11.5 Å². The quantitative estimate of drug-likeness (QED) is 0.750. The van der Waals surface area contributed by atoms with Crippen molar-refractivity contribution in [2.24, 2.45) is 0 Å². The molecule has 0 bridgehead atoms. The van der Waals surface area contributed by atoms with Crippen LogP contribution in [0.15, 0.2) is 18.2 Å². The van der Waals surface area contributed by atoms with Crippen molar-refractivity contribution >= 4 is 0 Å². The Labute approximate surface area is 78.4 Å². The Bertz CT molecular complexity index is 336. The number of nitriles is 1. The summed E-state index contributed by atoms with van der Waals surface area (Å²) in [4.78, 5) is 0. The third-order valence-corrected chi connectivity index (χ3v) is 2.04. The predicted molar refractivity (Wildman–Crippen MR) is 51.5 cm³/mol. The van der Waals surface area contributed by atoms with Gasteiger partial charge in [-0.15, -0.1) is 0 Å². The van der Waals surface area contributed by atoms with Crippen molar-refractivity contribution in [1.29, 1.82) is 5.26 Å². The minimum Gasteiger partial charge on any atom is -0.507 e. The molecular formula is C11H13NO. The zero-order valence-electron chi connectivity index (χ0n) is 7.91. The molecule has 68 valence electrons. The first-order valence-corrected chi connectivity index (χ1v) is 4.34. The van der Waals surface area contributed by atoms with Gasteiger partial charge in [0.25, 0.3) is 0 Å². The van der Waals surface area contributed by atoms with Gasteiger partial charge in [0, 0.05) is 5.56 Å². The molecule has 0 amide bonds. The van der Waals surface area contributed by atoms with E-state index in [9.17, 15) is 5.11 Å². The summed E-state index contributed by atoms with van der Waals surface area (Å²) in [7, 11) is 0. The van der Waals surface area contributed by atoms with E-state index in [0.717, 1.165) is 5.56 Å². The number of nitrogens with zero attached hydrogens (tertiary/aromatic N) is 1. The number of hydrogen-bond acceptors (Lipinski definition) is 2. The second-order valence-electron chi connectivity index (χ2n) is 3.34. The highest BCUT2D eigenvalue weighted by atomic mass is 16.3. The van der Waals surface area contributed by atoms with Gasteiger partial charge in [-0.3, -0.25) is 0 Å². The van der Waals surface area contributed by atoms with Gasteiger partial charge in [-0.05, 0) is 11.5 Å². The van der Waals surface area contributed by atoms with Gasteiger partial charge in [-0.2, -0.15) is 5.26 Å². The summed E-state index contributed by atoms with van der Waals surface area (Å²) in [5.41, 5.74) is 1.63. The lowest BCUT2D eigenvalue weighted by atomic mass is 9.98. The smallest absolute Gasteiger partial charge is 0.123 e. The molecular weight excluding hydrogens is 162 g/mol. The van der Waals surface area contributed by atoms with Gasteiger partial charge < -0.3 is 5.11 Å². The summed E-state index contributed by atoms with van der Waals surface area (Å²) in [6.07, 6.45) is 0.270. The molecule has 0 unspecified atom stereocenters. The van der Waals surface area contributed by atoms with Crippen LogP contribution in [0.25, 0.3) is 0 Å². The number of phenols is 1. The van der Waals surface area contributed by atoms with E-state index in [1.165, 1.54) is 0 Å². The summed E-state index contributed by atoms with van der Waals surface area (Å²) in [6.45, 7) is 4.04. The van der Waals surface area contributed by atoms with Crippen LogP contribution in [-0.2, 0) is 6.42 Å². The van der Waals surface area contributed by atoms with Gasteiger partial charge in [-0.1, -0.05) is 32.0 Å². The van der Waals surface area contributed by atoms with Crippen LogP contribution in [0.4, 0.5) is 0 Å². The number of benzene rings is 1. The zero-order chi connectivity index (χ0) is 9.84. The summed E-state index contributed by atoms with van der Waals surface area (Å²) in [5, 5.41) is 18.3. The highest BCUT2D eigenvalue weighted by Gasteiger charge is 2.08. The molecule has 0 aliphatic heterocycles. The molecule has 2 heteroatoms. The van der Waals surface area contributed by atoms with E-state index in [-0.39, 0.29) is 12.2 Å². The lowest BCUT2D eigenvalue weighted by molar-refractivity contribution is 0.459. The average Bonchev–Trinajstić information content (AvgIpc) is 2.08. The van der Waals surface area contributed by atoms with Gasteiger partial charge in [0.2, 0.25) is 0 Å². The Kier molecular flexibility index (Phi) is 2.92. The van der Waals surface area contributed by atoms with Crippen molar-refractivity contribution in [3.8, 4) is 11.8 Å². The number of hydrogen-bond donors (Lipinski definition) is 1. The van der Waals surface area contributed by atoms with E-state index in [1.54, 1.807) is 6.07 Å². The maximum Gasteiger partial charge on any atom is 0.123 e. The standard InChI is InChI=1S/C11H13NO/c1-8(2)10-5-3-4-9(6-7-12)11(10)13/h3-5,8,13H,6H2,1-2H3. The molecule has 0 heterocycles. The van der Waals surface area contributed by atoms with Crippen molar-refractivity contribution in [1.82, 2.24) is 0 Å². The number of rotatable bonds is 2. The Morgan fingerprint density at radius 1 is 1.46 bits per heavy atom. The van der Waals surface area contributed by atoms with E-state index >= 15 is 0 Å². The van der Waals surface area contributed by atoms with Gasteiger partial charge in [0.1, 0.15) is 5.75 Å². The minimum absolute atomic E-state index is 0.270. The summed E-state index contributed by atoms with van der Waals surface area (Å²) >= 11 is 0. The first-order chi connectivity index (χ1) is 6.16. The molecule has 0 atom stereocenters. The van der Waals surface area contributed by atoms with Crippen LogP contribution >= 0.6 is 0 Å². The van der Waals surface area contributed by atoms with Crippen LogP contribution in [0.1, 0.15) is 30.9 Å². The molecule has 0 aliphatic rings. The van der Waals surface area contributed by atoms with Crippen LogP contribution < -0.4 is 0 Å². The SMILES string of the molecule is CC(C)c1cccc(CC#N)c1O. The highest BCUT2D eigenvalue weighted by Crippen LogP contribution is 2.28. The van der Waals surface area contributed by atoms with E-state index in [2.05, 4.69) is 0 Å². The second-order valence-corrected chi connectivity index (χ2v) is 3.34. The van der Waals surface area contributed by atoms with Crippen LogP contribution in [0.5, 0.6) is 5.75 Å². The first kappa shape index (κ1) is 9.60. The minimum atomic E-state index is 0.270. The fraction of sp³-hybridized carbons (Fsp3) is 0.364. The molecule has 0 aromatic heterocycles. The van der Waals surface area contributed by atoms with Gasteiger partial charge in [0.15, 0.2) is 0 Å². The number of aromatic hydroxyl groups is 1. The molecule has 0 spiro atoms. The maximum atomic E-state index is 9.74. The first-order valence-electron chi connectivity index (χ1n) is 4.34. The summed E-state index contributed by atoms with van der Waals surface area (Å²) < 4.78 is 0. The Hall–Kier alpha value is -1.49. The zero-order valence-corrected chi connectivity index (χ0v) is 7.91. The van der Waals surface area contributed by atoms with E-state index < -0.39 is 0 Å². The fourth-order valence-electron chi connectivity index (χ4n) is 1.30. The third-order valence-electron chi connectivity index (χ3n) is 2.04. The molecule has 1 aromatic carbocycles. The van der Waals surface area contributed by atoms with Crippen molar-refractivity contribution in [2.75, 3.05) is 0 Å². The van der Waals surface area contributed by atoms with Crippen molar-refractivity contribution < 1.29 is 5.11 Å². The van der Waals surface area contributed by atoms with Crippen LogP contribution in [0, 0.1) is 11.3 Å². The average molecular weight is 175 g/mol. The number of phenolic OH excluding ortho intramolecular Hbond substituents is 1. The summed E-state index contributed by atoms with van der Waals surface area (Å²) in [6, 6.07) is 7.58. The largest absolute Gasteiger partial charge is 0.507 e. The molecule has 1 N–H and O–H groups in total. The lowest BCUT2D eigenvalue weighted by Gasteiger charge is -2.10. The molecule has 0 radical (unpaired) electrons. The monoisotopic (exact) mass is 175 g/mol. The summed E-state index contributed by atoms with van der Waals surface area (Å²) in [5.74, 6) is 0.567. The van der Waals surface area contributed by atoms with Crippen LogP contribution in [-0.4, -0.2) is 5.11 Å². The molecule has 0 fully saturated rings. The molecule has 1 aromatic rings. The molecule has 1 rings (SSSR count). The van der Waals surface area contributed by atoms with Gasteiger partial charge in [0.05, 0.1) is 12.5 Å². The Morgan fingerprint density at radius 2 is 2.15 bits per heavy atom. The predicted octanol–water partition coefficient (Wildman–Crippen LogP) is 2.58. The Balaban J connectivity index is 3.12. The molecule has 2 nitrogen and oxygen atoms in total. The molecule has 0 saturated carbocycles. The normalized spacial score (nSPS) is 10.0. The topological polar surface area (TPSA) is 44.0 Å². The lowest BCUT2D eigenvalue weighted by Crippen LogP contribution is -1.92. The molecule has 0 saturated heterocycles. The third kappa shape index (κ3) is 2.00. The Morgan fingerprint density at radius 3 is 2.69 bits per heavy atom. The maximum absolute atomic E-state index is 9.74. The highest BCUT2D eigenvalue weighted by molar-refractivity contribution is 5.43. The second kappa shape index (κ2) is 3.95. The van der Waals surface area contributed by atoms with E-state index in [1.807, 2.05) is 32.0 Å². The number of para-hydroxylation sites is 1. The van der Waals surface area contributed by atoms with E-state index in [4.69, 9.17) is 5.26 Å². The fourth-order valence-corrected chi connectivity index (χ4v) is 1.30. The van der Waals surface area contributed by atoms with Gasteiger partial charge >= 0.3 is 0 Å². The van der Waals surface area contributed by atoms with Crippen LogP contribution in [0.3, 0.4) is 0 Å². The van der Waals surface area contributed by atoms with Crippen molar-refractivity contribution in [3.63, 3.8) is 0 Å². The van der Waals surface area contributed by atoms with Gasteiger partial charge in [-0.25, -0.2) is 0 Å². The molecule has 13 heavy (non-hydrogen) atoms. The van der Waals surface area contributed by atoms with Crippen LogP contribution in [0.2, 0.25) is 0 Å². The molecule has 0 aliphatic carbocycles. The van der Waals surface area contributed by atoms with Crippen molar-refractivity contribution in [2.45, 2.75) is 26.2 Å².